The van der Waals surface area contributed by atoms with E-state index >= 15 is 0 Å². The number of nitrogens with one attached hydrogen (secondary N) is 1. The summed E-state index contributed by atoms with van der Waals surface area (Å²) in [4.78, 5) is 20.8. The van der Waals surface area contributed by atoms with E-state index in [2.05, 4.69) is 51.1 Å². The van der Waals surface area contributed by atoms with Gasteiger partial charge in [0, 0.05) is 15.8 Å². The number of ether oxygens (including phenoxy) is 1. The predicted molar refractivity (Wildman–Crippen MR) is 139 cm³/mol. The van der Waals surface area contributed by atoms with E-state index in [1.165, 1.54) is 0 Å². The van der Waals surface area contributed by atoms with Crippen LogP contribution in [0.1, 0.15) is 52.0 Å². The molecule has 0 radical (unpaired) electrons. The van der Waals surface area contributed by atoms with Gasteiger partial charge in [0.1, 0.15) is 5.75 Å². The quantitative estimate of drug-likeness (QED) is 0.305. The van der Waals surface area contributed by atoms with Crippen LogP contribution < -0.4 is 15.8 Å². The molecule has 178 valence electrons. The van der Waals surface area contributed by atoms with Crippen LogP contribution in [0.5, 0.6) is 5.75 Å². The number of aryl methyl sites for hydroxylation is 1. The highest BCUT2D eigenvalue weighted by Gasteiger charge is 2.22. The number of halogens is 1. The van der Waals surface area contributed by atoms with Gasteiger partial charge in [-0.25, -0.2) is 0 Å². The molecule has 1 aromatic carbocycles. The number of hydrogen-bond donors (Lipinski definition) is 2. The largest absolute Gasteiger partial charge is 0.496 e. The highest BCUT2D eigenvalue weighted by molar-refractivity contribution is 9.10. The fourth-order valence-electron chi connectivity index (χ4n) is 3.83. The Morgan fingerprint density at radius 2 is 2.09 bits per heavy atom. The average molecular weight is 526 g/mol. The number of hydrogen-bond acceptors (Lipinski definition) is 5. The summed E-state index contributed by atoms with van der Waals surface area (Å²) in [7, 11) is 1.68. The first-order chi connectivity index (χ1) is 15.4. The van der Waals surface area contributed by atoms with E-state index in [9.17, 15) is 4.79 Å². The lowest BCUT2D eigenvalue weighted by atomic mass is 10.1. The number of guanidine groups is 1. The lowest BCUT2D eigenvalue weighted by molar-refractivity contribution is -0.116. The minimum atomic E-state index is -0.122. The Balaban J connectivity index is 1.92. The third-order valence-corrected chi connectivity index (χ3v) is 7.40. The van der Waals surface area contributed by atoms with Gasteiger partial charge in [-0.15, -0.1) is 11.8 Å². The maximum absolute atomic E-state index is 12.8. The molecule has 8 heteroatoms. The first-order valence-corrected chi connectivity index (χ1v) is 13.2. The Bertz CT molecular complexity index is 824. The first kappa shape index (κ1) is 26.7. The van der Waals surface area contributed by atoms with Gasteiger partial charge in [-0.1, -0.05) is 29.8 Å². The monoisotopic (exact) mass is 524 g/mol. The molecule has 1 amide bonds. The third kappa shape index (κ3) is 8.45. The van der Waals surface area contributed by atoms with E-state index in [0.717, 1.165) is 83.8 Å². The number of thioether (sulfide) groups is 1. The van der Waals surface area contributed by atoms with Crippen LogP contribution in [0.4, 0.5) is 0 Å². The topological polar surface area (TPSA) is 80.0 Å². The molecule has 3 N–H and O–H groups in total. The summed E-state index contributed by atoms with van der Waals surface area (Å²) in [6, 6.07) is 6.09. The fraction of sp³-hybridized carbons (Fsp3) is 0.583. The Morgan fingerprint density at radius 1 is 1.34 bits per heavy atom. The molecule has 1 atom stereocenters. The summed E-state index contributed by atoms with van der Waals surface area (Å²) in [6.07, 6.45) is 4.39. The Hall–Kier alpha value is -1.51. The Kier molecular flexibility index (Phi) is 11.6. The van der Waals surface area contributed by atoms with Crippen molar-refractivity contribution in [3.63, 3.8) is 0 Å². The van der Waals surface area contributed by atoms with Crippen molar-refractivity contribution in [2.24, 2.45) is 10.7 Å². The predicted octanol–water partition coefficient (Wildman–Crippen LogP) is 4.72. The lowest BCUT2D eigenvalue weighted by Gasteiger charge is -2.18. The van der Waals surface area contributed by atoms with Gasteiger partial charge in [0.15, 0.2) is 5.96 Å². The number of carbonyl (C=O) groups excluding carboxylic acids is 1. The molecule has 0 saturated carbocycles. The second-order valence-electron chi connectivity index (χ2n) is 7.94. The van der Waals surface area contributed by atoms with Crippen molar-refractivity contribution in [3.05, 3.63) is 38.7 Å². The van der Waals surface area contributed by atoms with Gasteiger partial charge in [-0.3, -0.25) is 15.1 Å². The molecule has 2 rings (SSSR count). The van der Waals surface area contributed by atoms with Crippen LogP contribution in [-0.2, 0) is 11.2 Å². The molecule has 1 unspecified atom stereocenters. The number of amides is 1. The molecule has 0 saturated heterocycles. The standard InChI is InChI=1S/C24H37BrN4O2S/c1-5-29(6-2)14-7-8-17(3)27-24(26)28-23(30)20-13-15-32-22(20)12-9-18-16-19(25)10-11-21(18)31-4/h10-11,16-17H,5-9,12-15H2,1-4H3,(H3,26,27,28,30). The van der Waals surface area contributed by atoms with E-state index in [4.69, 9.17) is 10.5 Å². The van der Waals surface area contributed by atoms with Gasteiger partial charge in [-0.05, 0) is 87.3 Å². The van der Waals surface area contributed by atoms with E-state index in [1.54, 1.807) is 18.9 Å². The minimum Gasteiger partial charge on any atom is -0.496 e. The smallest absolute Gasteiger partial charge is 0.254 e. The van der Waals surface area contributed by atoms with Crippen molar-refractivity contribution in [2.45, 2.75) is 58.9 Å². The zero-order valence-electron chi connectivity index (χ0n) is 19.7. The van der Waals surface area contributed by atoms with E-state index < -0.39 is 0 Å². The fourth-order valence-corrected chi connectivity index (χ4v) is 5.41. The van der Waals surface area contributed by atoms with Gasteiger partial charge in [0.25, 0.3) is 5.91 Å². The Labute approximate surface area is 205 Å². The maximum Gasteiger partial charge on any atom is 0.254 e. The maximum atomic E-state index is 12.8. The SMILES string of the molecule is CCN(CC)CCCC(C)N=C(N)NC(=O)C1=C(CCc2cc(Br)ccc2OC)SCC1. The van der Waals surface area contributed by atoms with Crippen molar-refractivity contribution in [3.8, 4) is 5.75 Å². The summed E-state index contributed by atoms with van der Waals surface area (Å²) in [6.45, 7) is 9.60. The summed E-state index contributed by atoms with van der Waals surface area (Å²) >= 11 is 5.28. The molecule has 0 spiro atoms. The summed E-state index contributed by atoms with van der Waals surface area (Å²) < 4.78 is 6.50. The normalized spacial score (nSPS) is 15.4. The van der Waals surface area contributed by atoms with Crippen molar-refractivity contribution >= 4 is 39.6 Å². The minimum absolute atomic E-state index is 0.0845. The number of rotatable bonds is 12. The lowest BCUT2D eigenvalue weighted by Crippen LogP contribution is -2.38. The molecular weight excluding hydrogens is 488 g/mol. The van der Waals surface area contributed by atoms with Crippen molar-refractivity contribution < 1.29 is 9.53 Å². The van der Waals surface area contributed by atoms with Gasteiger partial charge < -0.3 is 15.4 Å². The van der Waals surface area contributed by atoms with Gasteiger partial charge in [0.05, 0.1) is 13.2 Å². The summed E-state index contributed by atoms with van der Waals surface area (Å²) in [5.41, 5.74) is 8.00. The van der Waals surface area contributed by atoms with Crippen LogP contribution in [0.15, 0.2) is 38.1 Å². The average Bonchev–Trinajstić information content (AvgIpc) is 3.24. The molecular formula is C24H37BrN4O2S. The molecule has 1 aliphatic heterocycles. The zero-order chi connectivity index (χ0) is 23.5. The highest BCUT2D eigenvalue weighted by atomic mass is 79.9. The van der Waals surface area contributed by atoms with E-state index in [0.29, 0.717) is 0 Å². The van der Waals surface area contributed by atoms with Crippen molar-refractivity contribution in [1.82, 2.24) is 10.2 Å². The third-order valence-electron chi connectivity index (χ3n) is 5.69. The number of nitrogens with zero attached hydrogens (tertiary/aromatic N) is 2. The van der Waals surface area contributed by atoms with Crippen LogP contribution in [-0.4, -0.2) is 55.3 Å². The van der Waals surface area contributed by atoms with Gasteiger partial charge >= 0.3 is 0 Å². The van der Waals surface area contributed by atoms with Crippen molar-refractivity contribution in [2.75, 3.05) is 32.5 Å². The zero-order valence-corrected chi connectivity index (χ0v) is 22.2. The number of nitrogens with two attached hydrogens (primary N) is 1. The van der Waals surface area contributed by atoms with Crippen molar-refractivity contribution in [1.29, 1.82) is 0 Å². The van der Waals surface area contributed by atoms with Crippen LogP contribution in [0, 0.1) is 0 Å². The van der Waals surface area contributed by atoms with Crippen LogP contribution in [0.3, 0.4) is 0 Å². The number of benzene rings is 1. The number of allylic oxidation sites excluding steroid dienone is 1. The molecule has 1 aliphatic rings. The van der Waals surface area contributed by atoms with Gasteiger partial charge in [0.2, 0.25) is 0 Å². The highest BCUT2D eigenvalue weighted by Crippen LogP contribution is 2.36. The second-order valence-corrected chi connectivity index (χ2v) is 10.0. The molecule has 0 aliphatic carbocycles. The summed E-state index contributed by atoms with van der Waals surface area (Å²) in [5.74, 6) is 1.88. The molecule has 0 fully saturated rings. The molecule has 0 bridgehead atoms. The summed E-state index contributed by atoms with van der Waals surface area (Å²) in [5, 5.41) is 2.81. The number of methoxy groups -OCH3 is 1. The molecule has 6 nitrogen and oxygen atoms in total. The second kappa shape index (κ2) is 13.9. The van der Waals surface area contributed by atoms with Crippen LogP contribution in [0.2, 0.25) is 0 Å². The Morgan fingerprint density at radius 3 is 2.78 bits per heavy atom. The molecule has 1 aromatic rings. The van der Waals surface area contributed by atoms with Crippen LogP contribution in [0.25, 0.3) is 0 Å². The molecule has 1 heterocycles. The van der Waals surface area contributed by atoms with Gasteiger partial charge in [-0.2, -0.15) is 0 Å². The van der Waals surface area contributed by atoms with Crippen LogP contribution >= 0.6 is 27.7 Å². The number of carbonyl (C=O) groups is 1. The van der Waals surface area contributed by atoms with E-state index in [1.807, 2.05) is 19.1 Å². The first-order valence-electron chi connectivity index (χ1n) is 11.4. The molecule has 32 heavy (non-hydrogen) atoms. The molecule has 0 aromatic heterocycles. The number of aliphatic imine (C=N–C) groups is 1. The van der Waals surface area contributed by atoms with E-state index in [-0.39, 0.29) is 17.9 Å².